The standard InChI is InChI=1S/C20H29N3O2/c1-15-7-10-21-18(13-15)22-11-2-8-20(14-22)9-12-23(19(20)25)16-3-5-17(24)6-4-16/h7,10,13,16-17,24H,2-6,8-9,11-12,14H2,1H3/t16?,17?,20-/m1/s1. The van der Waals surface area contributed by atoms with Gasteiger partial charge in [-0.2, -0.15) is 0 Å². The first kappa shape index (κ1) is 16.8. The van der Waals surface area contributed by atoms with Crippen molar-refractivity contribution in [3.8, 4) is 0 Å². The third kappa shape index (κ3) is 3.14. The van der Waals surface area contributed by atoms with Crippen LogP contribution >= 0.6 is 0 Å². The second-order valence-electron chi connectivity index (χ2n) is 8.21. The molecule has 0 aromatic carbocycles. The minimum absolute atomic E-state index is 0.166. The monoisotopic (exact) mass is 343 g/mol. The smallest absolute Gasteiger partial charge is 0.230 e. The van der Waals surface area contributed by atoms with Gasteiger partial charge in [-0.15, -0.1) is 0 Å². The summed E-state index contributed by atoms with van der Waals surface area (Å²) in [4.78, 5) is 22.3. The summed E-state index contributed by atoms with van der Waals surface area (Å²) in [6, 6.07) is 4.48. The van der Waals surface area contributed by atoms with Crippen LogP contribution in [0.2, 0.25) is 0 Å². The number of piperidine rings is 1. The molecule has 1 atom stereocenters. The maximum Gasteiger partial charge on any atom is 0.230 e. The molecule has 4 rings (SSSR count). The molecule has 25 heavy (non-hydrogen) atoms. The van der Waals surface area contributed by atoms with Crippen molar-refractivity contribution in [1.29, 1.82) is 0 Å². The number of hydrogen-bond acceptors (Lipinski definition) is 4. The molecule has 0 radical (unpaired) electrons. The highest BCUT2D eigenvalue weighted by molar-refractivity contribution is 5.86. The van der Waals surface area contributed by atoms with Crippen molar-refractivity contribution >= 4 is 11.7 Å². The molecule has 0 unspecified atom stereocenters. The van der Waals surface area contributed by atoms with Crippen molar-refractivity contribution in [3.05, 3.63) is 23.9 Å². The molecule has 1 amide bonds. The molecule has 1 aromatic heterocycles. The lowest BCUT2D eigenvalue weighted by Crippen LogP contribution is -2.50. The molecule has 3 fully saturated rings. The summed E-state index contributed by atoms with van der Waals surface area (Å²) in [7, 11) is 0. The summed E-state index contributed by atoms with van der Waals surface area (Å²) >= 11 is 0. The first-order valence-electron chi connectivity index (χ1n) is 9.74. The van der Waals surface area contributed by atoms with Crippen LogP contribution in [0.15, 0.2) is 18.3 Å². The van der Waals surface area contributed by atoms with Crippen LogP contribution in [0.3, 0.4) is 0 Å². The van der Waals surface area contributed by atoms with Gasteiger partial charge in [-0.3, -0.25) is 4.79 Å². The second kappa shape index (κ2) is 6.60. The first-order chi connectivity index (χ1) is 12.1. The Kier molecular flexibility index (Phi) is 4.44. The van der Waals surface area contributed by atoms with Crippen LogP contribution in [0.5, 0.6) is 0 Å². The molecule has 2 aliphatic heterocycles. The lowest BCUT2D eigenvalue weighted by Gasteiger charge is -2.41. The number of pyridine rings is 1. The lowest BCUT2D eigenvalue weighted by atomic mass is 9.78. The molecule has 5 heteroatoms. The van der Waals surface area contributed by atoms with Crippen LogP contribution in [-0.2, 0) is 4.79 Å². The Balaban J connectivity index is 1.49. The van der Waals surface area contributed by atoms with E-state index in [0.29, 0.717) is 11.9 Å². The summed E-state index contributed by atoms with van der Waals surface area (Å²) in [5.74, 6) is 1.36. The highest BCUT2D eigenvalue weighted by Crippen LogP contribution is 2.43. The lowest BCUT2D eigenvalue weighted by molar-refractivity contribution is -0.139. The van der Waals surface area contributed by atoms with Gasteiger partial charge in [0.2, 0.25) is 5.91 Å². The Hall–Kier alpha value is -1.62. The van der Waals surface area contributed by atoms with Gasteiger partial charge in [0.15, 0.2) is 0 Å². The number of aryl methyl sites for hydroxylation is 1. The van der Waals surface area contributed by atoms with Crippen molar-refractivity contribution < 1.29 is 9.90 Å². The SMILES string of the molecule is Cc1ccnc(N2CCC[C@@]3(CCN(C4CCC(O)CC4)C3=O)C2)c1. The number of carbonyl (C=O) groups excluding carboxylic acids is 1. The minimum Gasteiger partial charge on any atom is -0.393 e. The number of nitrogens with zero attached hydrogens (tertiary/aromatic N) is 3. The maximum absolute atomic E-state index is 13.3. The zero-order valence-corrected chi connectivity index (χ0v) is 15.2. The number of aromatic nitrogens is 1. The number of anilines is 1. The molecule has 1 aromatic rings. The van der Waals surface area contributed by atoms with Gasteiger partial charge in [-0.1, -0.05) is 0 Å². The van der Waals surface area contributed by atoms with Gasteiger partial charge >= 0.3 is 0 Å². The fraction of sp³-hybridized carbons (Fsp3) is 0.700. The van der Waals surface area contributed by atoms with Crippen molar-refractivity contribution in [2.24, 2.45) is 5.41 Å². The number of aliphatic hydroxyl groups is 1. The molecular formula is C20H29N3O2. The van der Waals surface area contributed by atoms with E-state index in [1.54, 1.807) is 0 Å². The highest BCUT2D eigenvalue weighted by Gasteiger charge is 2.50. The fourth-order valence-electron chi connectivity index (χ4n) is 4.96. The third-order valence-corrected chi connectivity index (χ3v) is 6.45. The Morgan fingerprint density at radius 1 is 1.20 bits per heavy atom. The number of amides is 1. The van der Waals surface area contributed by atoms with Crippen LogP contribution in [0, 0.1) is 12.3 Å². The molecule has 1 spiro atoms. The quantitative estimate of drug-likeness (QED) is 0.896. The van der Waals surface area contributed by atoms with E-state index >= 15 is 0 Å². The number of aliphatic hydroxyl groups excluding tert-OH is 1. The second-order valence-corrected chi connectivity index (χ2v) is 8.21. The zero-order chi connectivity index (χ0) is 17.4. The summed E-state index contributed by atoms with van der Waals surface area (Å²) in [5.41, 5.74) is 0.990. The van der Waals surface area contributed by atoms with Crippen molar-refractivity contribution in [2.45, 2.75) is 64.0 Å². The van der Waals surface area contributed by atoms with Crippen LogP contribution in [0.25, 0.3) is 0 Å². The minimum atomic E-state index is -0.222. The molecule has 1 N–H and O–H groups in total. The first-order valence-corrected chi connectivity index (χ1v) is 9.74. The summed E-state index contributed by atoms with van der Waals surface area (Å²) in [6.07, 6.45) is 8.29. The summed E-state index contributed by atoms with van der Waals surface area (Å²) < 4.78 is 0. The van der Waals surface area contributed by atoms with Gasteiger partial charge < -0.3 is 14.9 Å². The van der Waals surface area contributed by atoms with E-state index in [9.17, 15) is 9.90 Å². The number of hydrogen-bond donors (Lipinski definition) is 1. The van der Waals surface area contributed by atoms with Gasteiger partial charge in [0, 0.05) is 31.9 Å². The van der Waals surface area contributed by atoms with Gasteiger partial charge in [0.05, 0.1) is 11.5 Å². The third-order valence-electron chi connectivity index (χ3n) is 6.45. The average Bonchev–Trinajstić information content (AvgIpc) is 2.92. The summed E-state index contributed by atoms with van der Waals surface area (Å²) in [5, 5.41) is 9.74. The molecule has 136 valence electrons. The molecule has 1 aliphatic carbocycles. The molecule has 3 heterocycles. The van der Waals surface area contributed by atoms with Crippen LogP contribution < -0.4 is 4.90 Å². The molecule has 1 saturated carbocycles. The normalized spacial score (nSPS) is 33.3. The maximum atomic E-state index is 13.3. The fourth-order valence-corrected chi connectivity index (χ4v) is 4.96. The number of rotatable bonds is 2. The number of carbonyl (C=O) groups is 1. The molecule has 5 nitrogen and oxygen atoms in total. The summed E-state index contributed by atoms with van der Waals surface area (Å²) in [6.45, 7) is 4.76. The molecule has 3 aliphatic rings. The Labute approximate surface area is 150 Å². The van der Waals surface area contributed by atoms with Crippen LogP contribution in [0.1, 0.15) is 50.5 Å². The molecular weight excluding hydrogens is 314 g/mol. The molecule has 2 saturated heterocycles. The predicted molar refractivity (Wildman–Crippen MR) is 97.4 cm³/mol. The topological polar surface area (TPSA) is 56.7 Å². The highest BCUT2D eigenvalue weighted by atomic mass is 16.3. The van der Waals surface area contributed by atoms with Gasteiger partial charge in [-0.05, 0) is 69.6 Å². The van der Waals surface area contributed by atoms with E-state index in [4.69, 9.17) is 0 Å². The van der Waals surface area contributed by atoms with Gasteiger partial charge in [-0.25, -0.2) is 4.98 Å². The Morgan fingerprint density at radius 3 is 2.76 bits per heavy atom. The van der Waals surface area contributed by atoms with Gasteiger partial charge in [0.25, 0.3) is 0 Å². The predicted octanol–water partition coefficient (Wildman–Crippen LogP) is 2.51. The Bertz CT molecular complexity index is 642. The van der Waals surface area contributed by atoms with Gasteiger partial charge in [0.1, 0.15) is 5.82 Å². The van der Waals surface area contributed by atoms with Crippen molar-refractivity contribution in [2.75, 3.05) is 24.5 Å². The van der Waals surface area contributed by atoms with E-state index in [2.05, 4.69) is 27.8 Å². The zero-order valence-electron chi connectivity index (χ0n) is 15.2. The van der Waals surface area contributed by atoms with Crippen LogP contribution in [0.4, 0.5) is 5.82 Å². The van der Waals surface area contributed by atoms with E-state index in [-0.39, 0.29) is 11.5 Å². The van der Waals surface area contributed by atoms with E-state index < -0.39 is 0 Å². The van der Waals surface area contributed by atoms with Crippen molar-refractivity contribution in [3.63, 3.8) is 0 Å². The largest absolute Gasteiger partial charge is 0.393 e. The van der Waals surface area contributed by atoms with Crippen LogP contribution in [-0.4, -0.2) is 52.7 Å². The average molecular weight is 343 g/mol. The van der Waals surface area contributed by atoms with E-state index in [1.165, 1.54) is 5.56 Å². The van der Waals surface area contributed by atoms with E-state index in [1.807, 2.05) is 12.3 Å². The van der Waals surface area contributed by atoms with Crippen molar-refractivity contribution in [1.82, 2.24) is 9.88 Å². The molecule has 0 bridgehead atoms. The number of likely N-dealkylation sites (tertiary alicyclic amines) is 1. The Morgan fingerprint density at radius 2 is 2.00 bits per heavy atom. The van der Waals surface area contributed by atoms with E-state index in [0.717, 1.165) is 70.4 Å².